The second kappa shape index (κ2) is 8.64. The summed E-state index contributed by atoms with van der Waals surface area (Å²) in [5.74, 6) is -0.251. The minimum absolute atomic E-state index is 0.251. The molecule has 4 aromatic rings. The van der Waals surface area contributed by atoms with Crippen LogP contribution < -0.4 is 5.32 Å². The van der Waals surface area contributed by atoms with E-state index in [0.29, 0.717) is 0 Å². The van der Waals surface area contributed by atoms with E-state index in [2.05, 4.69) is 50.3 Å². The van der Waals surface area contributed by atoms with E-state index in [1.807, 2.05) is 32.2 Å². The number of hydrogen-bond acceptors (Lipinski definition) is 3. The molecule has 3 aromatic heterocycles. The van der Waals surface area contributed by atoms with Crippen molar-refractivity contribution in [1.82, 2.24) is 25.5 Å². The Bertz CT molecular complexity index is 1400. The summed E-state index contributed by atoms with van der Waals surface area (Å²) in [5.41, 5.74) is 9.43. The van der Waals surface area contributed by atoms with Crippen LogP contribution >= 0.6 is 0 Å². The average Bonchev–Trinajstić information content (AvgIpc) is 3.40. The summed E-state index contributed by atoms with van der Waals surface area (Å²) in [5, 5.41) is 12.0. The van der Waals surface area contributed by atoms with Gasteiger partial charge >= 0.3 is 0 Å². The molecule has 0 saturated carbocycles. The maximum Gasteiger partial charge on any atom is 0.124 e. The second-order valence-electron chi connectivity index (χ2n) is 8.43. The summed E-state index contributed by atoms with van der Waals surface area (Å²) in [7, 11) is 0. The molecular weight excluding hydrogens is 413 g/mol. The van der Waals surface area contributed by atoms with Gasteiger partial charge in [-0.15, -0.1) is 0 Å². The van der Waals surface area contributed by atoms with Gasteiger partial charge in [-0.05, 0) is 73.4 Å². The van der Waals surface area contributed by atoms with Crippen LogP contribution in [0.25, 0.3) is 33.4 Å². The van der Waals surface area contributed by atoms with Gasteiger partial charge in [0.05, 0.1) is 23.1 Å². The van der Waals surface area contributed by atoms with E-state index in [1.165, 1.54) is 11.6 Å². The molecule has 0 amide bonds. The molecule has 166 valence electrons. The number of aromatic nitrogens is 4. The van der Waals surface area contributed by atoms with E-state index in [9.17, 15) is 4.39 Å². The van der Waals surface area contributed by atoms with Crippen LogP contribution in [-0.2, 0) is 0 Å². The summed E-state index contributed by atoms with van der Waals surface area (Å²) < 4.78 is 14.1. The van der Waals surface area contributed by atoms with Crippen LogP contribution in [0.3, 0.4) is 0 Å². The Morgan fingerprint density at radius 3 is 2.79 bits per heavy atom. The van der Waals surface area contributed by atoms with Crippen molar-refractivity contribution in [2.75, 3.05) is 13.1 Å². The van der Waals surface area contributed by atoms with E-state index in [1.54, 1.807) is 12.1 Å². The zero-order valence-electron chi connectivity index (χ0n) is 18.8. The van der Waals surface area contributed by atoms with Crippen molar-refractivity contribution in [2.24, 2.45) is 0 Å². The van der Waals surface area contributed by atoms with Crippen molar-refractivity contribution < 1.29 is 4.39 Å². The third-order valence-corrected chi connectivity index (χ3v) is 6.04. The van der Waals surface area contributed by atoms with E-state index in [0.717, 1.165) is 75.5 Å². The molecule has 5 nitrogen and oxygen atoms in total. The quantitative estimate of drug-likeness (QED) is 0.349. The van der Waals surface area contributed by atoms with Crippen LogP contribution in [0, 0.1) is 19.7 Å². The first kappa shape index (κ1) is 21.1. The highest BCUT2D eigenvalue weighted by atomic mass is 19.1. The predicted molar refractivity (Wildman–Crippen MR) is 132 cm³/mol. The molecule has 6 heteroatoms. The van der Waals surface area contributed by atoms with E-state index < -0.39 is 0 Å². The molecule has 1 aliphatic rings. The number of hydrogen-bond donors (Lipinski definition) is 3. The Morgan fingerprint density at radius 1 is 1.15 bits per heavy atom. The molecule has 4 heterocycles. The van der Waals surface area contributed by atoms with Crippen LogP contribution in [0.2, 0.25) is 0 Å². The maximum atomic E-state index is 14.1. The number of halogens is 1. The lowest BCUT2D eigenvalue weighted by atomic mass is 9.96. The number of pyridine rings is 1. The maximum absolute atomic E-state index is 14.1. The molecule has 0 atom stereocenters. The summed E-state index contributed by atoms with van der Waals surface area (Å²) in [6.45, 7) is 9.60. The van der Waals surface area contributed by atoms with Crippen LogP contribution in [0.4, 0.5) is 4.39 Å². The zero-order valence-corrected chi connectivity index (χ0v) is 18.8. The summed E-state index contributed by atoms with van der Waals surface area (Å²) >= 11 is 0. The molecule has 3 N–H and O–H groups in total. The van der Waals surface area contributed by atoms with Gasteiger partial charge in [-0.1, -0.05) is 30.9 Å². The van der Waals surface area contributed by atoms with Gasteiger partial charge in [0.1, 0.15) is 11.5 Å². The van der Waals surface area contributed by atoms with Gasteiger partial charge < -0.3 is 10.3 Å². The second-order valence-corrected chi connectivity index (χ2v) is 8.43. The lowest BCUT2D eigenvalue weighted by Crippen LogP contribution is -2.20. The first-order chi connectivity index (χ1) is 16.0. The molecular formula is C27H26FN5. The average molecular weight is 440 g/mol. The number of H-pyrrole nitrogens is 2. The number of allylic oxidation sites excluding steroid dienone is 2. The van der Waals surface area contributed by atoms with Crippen molar-refractivity contribution in [2.45, 2.75) is 20.3 Å². The summed E-state index contributed by atoms with van der Waals surface area (Å²) in [6.07, 6.45) is 8.65. The number of fused-ring (bicyclic) bond motifs is 1. The van der Waals surface area contributed by atoms with Gasteiger partial charge in [-0.3, -0.25) is 10.1 Å². The molecule has 33 heavy (non-hydrogen) atoms. The largest absolute Gasteiger partial charge is 0.357 e. The highest BCUT2D eigenvalue weighted by Crippen LogP contribution is 2.34. The molecule has 1 aromatic carbocycles. The SMILES string of the molecule is C=C/C=C(/c1cc(C)cc(F)c1)c1cc(-c2n[nH]c3cnc(C4=CCNCC4)cc23)[nH]c1C. The van der Waals surface area contributed by atoms with Crippen molar-refractivity contribution >= 4 is 22.0 Å². The zero-order chi connectivity index (χ0) is 22.9. The molecule has 5 rings (SSSR count). The first-order valence-electron chi connectivity index (χ1n) is 11.1. The Hall–Kier alpha value is -3.77. The minimum atomic E-state index is -0.251. The Balaban J connectivity index is 1.60. The Labute approximate surface area is 192 Å². The third-order valence-electron chi connectivity index (χ3n) is 6.04. The lowest BCUT2D eigenvalue weighted by Gasteiger charge is -2.13. The van der Waals surface area contributed by atoms with Crippen molar-refractivity contribution in [3.63, 3.8) is 0 Å². The fourth-order valence-corrected chi connectivity index (χ4v) is 4.47. The number of benzene rings is 1. The van der Waals surface area contributed by atoms with E-state index in [-0.39, 0.29) is 5.82 Å². The molecule has 0 aliphatic carbocycles. The van der Waals surface area contributed by atoms with Gasteiger partial charge in [-0.25, -0.2) is 4.39 Å². The number of rotatable bonds is 5. The van der Waals surface area contributed by atoms with Crippen molar-refractivity contribution in [3.8, 4) is 11.4 Å². The molecule has 0 fully saturated rings. The van der Waals surface area contributed by atoms with Gasteiger partial charge in [0, 0.05) is 23.2 Å². The molecule has 1 aliphatic heterocycles. The van der Waals surface area contributed by atoms with E-state index in [4.69, 9.17) is 0 Å². The van der Waals surface area contributed by atoms with Gasteiger partial charge in [0.25, 0.3) is 0 Å². The lowest BCUT2D eigenvalue weighted by molar-refractivity contribution is 0.626. The number of aromatic amines is 2. The molecule has 0 unspecified atom stereocenters. The number of nitrogens with one attached hydrogen (secondary N) is 3. The molecule has 0 bridgehead atoms. The van der Waals surface area contributed by atoms with Gasteiger partial charge in [0.2, 0.25) is 0 Å². The standard InChI is InChI=1S/C27H26FN5/c1-4-5-21(19-10-16(2)11-20(28)12-19)22-13-25(31-17(22)3)27-23-14-24(18-6-8-29-9-7-18)30-15-26(23)32-33-27/h4-6,10-15,29,31H,1,7-9H2,2-3H3,(H,32,33)/b21-5-. The van der Waals surface area contributed by atoms with Crippen LogP contribution in [0.5, 0.6) is 0 Å². The van der Waals surface area contributed by atoms with Crippen LogP contribution in [0.1, 0.15) is 34.5 Å². The van der Waals surface area contributed by atoms with Crippen LogP contribution in [-0.4, -0.2) is 33.3 Å². The van der Waals surface area contributed by atoms with Gasteiger partial charge in [-0.2, -0.15) is 5.10 Å². The predicted octanol–water partition coefficient (Wildman–Crippen LogP) is 5.70. The fourth-order valence-electron chi connectivity index (χ4n) is 4.47. The van der Waals surface area contributed by atoms with Gasteiger partial charge in [0.15, 0.2) is 0 Å². The Kier molecular flexibility index (Phi) is 5.52. The Morgan fingerprint density at radius 2 is 2.03 bits per heavy atom. The normalized spacial score (nSPS) is 14.5. The highest BCUT2D eigenvalue weighted by molar-refractivity contribution is 5.94. The molecule has 0 saturated heterocycles. The summed E-state index contributed by atoms with van der Waals surface area (Å²) in [4.78, 5) is 8.12. The monoisotopic (exact) mass is 439 g/mol. The molecule has 0 radical (unpaired) electrons. The smallest absolute Gasteiger partial charge is 0.124 e. The first-order valence-corrected chi connectivity index (χ1v) is 11.1. The van der Waals surface area contributed by atoms with Crippen LogP contribution in [0.15, 0.2) is 61.3 Å². The minimum Gasteiger partial charge on any atom is -0.357 e. The topological polar surface area (TPSA) is 69.4 Å². The number of nitrogens with zero attached hydrogens (tertiary/aromatic N) is 2. The fraction of sp³-hybridized carbons (Fsp3) is 0.185. The highest BCUT2D eigenvalue weighted by Gasteiger charge is 2.18. The number of aryl methyl sites for hydroxylation is 2. The third kappa shape index (κ3) is 4.05. The summed E-state index contributed by atoms with van der Waals surface area (Å²) in [6, 6.07) is 9.26. The van der Waals surface area contributed by atoms with E-state index >= 15 is 0 Å². The van der Waals surface area contributed by atoms with Crippen molar-refractivity contribution in [3.05, 3.63) is 95.2 Å². The van der Waals surface area contributed by atoms with Crippen molar-refractivity contribution in [1.29, 1.82) is 0 Å². The molecule has 0 spiro atoms.